The van der Waals surface area contributed by atoms with Crippen LogP contribution < -0.4 is 15.4 Å². The van der Waals surface area contributed by atoms with Gasteiger partial charge in [0.25, 0.3) is 5.91 Å². The van der Waals surface area contributed by atoms with Crippen LogP contribution in [0.5, 0.6) is 5.75 Å². The molecule has 0 heterocycles. The summed E-state index contributed by atoms with van der Waals surface area (Å²) in [5, 5.41) is 5.90. The average molecular weight is 296 g/mol. The SMILES string of the molecule is CCCCNC(=O)COc1ccc(C(C)NCC)c(F)c1. The van der Waals surface area contributed by atoms with E-state index in [-0.39, 0.29) is 24.4 Å². The molecule has 2 N–H and O–H groups in total. The van der Waals surface area contributed by atoms with Crippen molar-refractivity contribution in [3.63, 3.8) is 0 Å². The molecule has 1 rings (SSSR count). The molecule has 0 saturated carbocycles. The number of benzene rings is 1. The Morgan fingerprint density at radius 2 is 2.14 bits per heavy atom. The van der Waals surface area contributed by atoms with Gasteiger partial charge in [-0.3, -0.25) is 4.79 Å². The van der Waals surface area contributed by atoms with Crippen molar-refractivity contribution in [3.8, 4) is 5.75 Å². The third kappa shape index (κ3) is 6.12. The third-order valence-corrected chi connectivity index (χ3v) is 3.17. The second-order valence-electron chi connectivity index (χ2n) is 4.95. The van der Waals surface area contributed by atoms with Crippen LogP contribution in [-0.4, -0.2) is 25.6 Å². The first-order chi connectivity index (χ1) is 10.1. The highest BCUT2D eigenvalue weighted by atomic mass is 19.1. The van der Waals surface area contributed by atoms with E-state index in [0.29, 0.717) is 17.9 Å². The van der Waals surface area contributed by atoms with Crippen LogP contribution in [0.25, 0.3) is 0 Å². The molecule has 0 aromatic heterocycles. The van der Waals surface area contributed by atoms with Crippen molar-refractivity contribution in [3.05, 3.63) is 29.6 Å². The second-order valence-corrected chi connectivity index (χ2v) is 4.95. The number of rotatable bonds is 9. The summed E-state index contributed by atoms with van der Waals surface area (Å²) < 4.78 is 19.3. The van der Waals surface area contributed by atoms with Gasteiger partial charge < -0.3 is 15.4 Å². The van der Waals surface area contributed by atoms with Gasteiger partial charge in [0.1, 0.15) is 11.6 Å². The summed E-state index contributed by atoms with van der Waals surface area (Å²) in [7, 11) is 0. The highest BCUT2D eigenvalue weighted by Gasteiger charge is 2.11. The van der Waals surface area contributed by atoms with Gasteiger partial charge in [0, 0.05) is 24.2 Å². The van der Waals surface area contributed by atoms with Crippen molar-refractivity contribution in [2.24, 2.45) is 0 Å². The van der Waals surface area contributed by atoms with Crippen LogP contribution in [-0.2, 0) is 4.79 Å². The third-order valence-electron chi connectivity index (χ3n) is 3.17. The van der Waals surface area contributed by atoms with Gasteiger partial charge in [-0.05, 0) is 26.0 Å². The minimum atomic E-state index is -0.327. The van der Waals surface area contributed by atoms with Crippen LogP contribution >= 0.6 is 0 Å². The molecule has 1 aromatic carbocycles. The molecule has 1 unspecified atom stereocenters. The predicted molar refractivity (Wildman–Crippen MR) is 81.9 cm³/mol. The summed E-state index contributed by atoms with van der Waals surface area (Å²) in [5.74, 6) is -0.146. The van der Waals surface area contributed by atoms with Crippen molar-refractivity contribution < 1.29 is 13.9 Å². The lowest BCUT2D eigenvalue weighted by molar-refractivity contribution is -0.123. The minimum absolute atomic E-state index is 0.0543. The number of halogens is 1. The zero-order chi connectivity index (χ0) is 15.7. The van der Waals surface area contributed by atoms with Gasteiger partial charge in [-0.25, -0.2) is 4.39 Å². The van der Waals surface area contributed by atoms with E-state index >= 15 is 0 Å². The number of hydrogen-bond acceptors (Lipinski definition) is 3. The van der Waals surface area contributed by atoms with Gasteiger partial charge in [0.05, 0.1) is 0 Å². The first-order valence-corrected chi connectivity index (χ1v) is 7.50. The van der Waals surface area contributed by atoms with Crippen LogP contribution in [0.2, 0.25) is 0 Å². The summed E-state index contributed by atoms with van der Waals surface area (Å²) in [6.45, 7) is 7.27. The fraction of sp³-hybridized carbons (Fsp3) is 0.562. The molecule has 21 heavy (non-hydrogen) atoms. The van der Waals surface area contributed by atoms with Crippen molar-refractivity contribution in [1.82, 2.24) is 10.6 Å². The topological polar surface area (TPSA) is 50.4 Å². The standard InChI is InChI=1S/C16H25FN2O2/c1-4-6-9-19-16(20)11-21-13-7-8-14(15(17)10-13)12(3)18-5-2/h7-8,10,12,18H,4-6,9,11H2,1-3H3,(H,19,20). The first kappa shape index (κ1) is 17.4. The average Bonchev–Trinajstić information content (AvgIpc) is 2.45. The lowest BCUT2D eigenvalue weighted by Gasteiger charge is -2.14. The summed E-state index contributed by atoms with van der Waals surface area (Å²) in [4.78, 5) is 11.5. The number of amides is 1. The molecule has 1 atom stereocenters. The van der Waals surface area contributed by atoms with Gasteiger partial charge in [0.15, 0.2) is 6.61 Å². The summed E-state index contributed by atoms with van der Waals surface area (Å²) >= 11 is 0. The molecular weight excluding hydrogens is 271 g/mol. The number of carbonyl (C=O) groups excluding carboxylic acids is 1. The van der Waals surface area contributed by atoms with E-state index in [1.54, 1.807) is 12.1 Å². The molecule has 4 nitrogen and oxygen atoms in total. The highest BCUT2D eigenvalue weighted by molar-refractivity contribution is 5.77. The van der Waals surface area contributed by atoms with Gasteiger partial charge in [-0.2, -0.15) is 0 Å². The Hall–Kier alpha value is -1.62. The molecule has 118 valence electrons. The number of hydrogen-bond donors (Lipinski definition) is 2. The molecule has 0 aliphatic carbocycles. The monoisotopic (exact) mass is 296 g/mol. The van der Waals surface area contributed by atoms with E-state index in [9.17, 15) is 9.18 Å². The number of ether oxygens (including phenoxy) is 1. The largest absolute Gasteiger partial charge is 0.484 e. The smallest absolute Gasteiger partial charge is 0.257 e. The maximum absolute atomic E-state index is 14.0. The number of carbonyl (C=O) groups is 1. The first-order valence-electron chi connectivity index (χ1n) is 7.50. The molecule has 0 fully saturated rings. The molecule has 1 amide bonds. The molecule has 5 heteroatoms. The van der Waals surface area contributed by atoms with Crippen LogP contribution in [0.4, 0.5) is 4.39 Å². The number of unbranched alkanes of at least 4 members (excludes halogenated alkanes) is 1. The Balaban J connectivity index is 2.50. The Labute approximate surface area is 126 Å². The Morgan fingerprint density at radius 3 is 2.76 bits per heavy atom. The normalized spacial score (nSPS) is 12.0. The van der Waals surface area contributed by atoms with E-state index < -0.39 is 0 Å². The van der Waals surface area contributed by atoms with Gasteiger partial charge in [0.2, 0.25) is 0 Å². The lowest BCUT2D eigenvalue weighted by atomic mass is 10.1. The summed E-state index contributed by atoms with van der Waals surface area (Å²) in [6.07, 6.45) is 1.97. The number of nitrogens with one attached hydrogen (secondary N) is 2. The van der Waals surface area contributed by atoms with Gasteiger partial charge in [-0.15, -0.1) is 0 Å². The fourth-order valence-corrected chi connectivity index (χ4v) is 1.97. The second kappa shape index (κ2) is 9.34. The summed E-state index contributed by atoms with van der Waals surface area (Å²) in [6, 6.07) is 4.64. The van der Waals surface area contributed by atoms with Gasteiger partial charge in [-0.1, -0.05) is 26.3 Å². The quantitative estimate of drug-likeness (QED) is 0.689. The van der Waals surface area contributed by atoms with Crippen molar-refractivity contribution in [1.29, 1.82) is 0 Å². The molecule has 0 spiro atoms. The lowest BCUT2D eigenvalue weighted by Crippen LogP contribution is -2.29. The van der Waals surface area contributed by atoms with Crippen molar-refractivity contribution in [2.75, 3.05) is 19.7 Å². The van der Waals surface area contributed by atoms with Crippen LogP contribution in [0.1, 0.15) is 45.2 Å². The maximum Gasteiger partial charge on any atom is 0.257 e. The molecule has 1 aromatic rings. The van der Waals surface area contributed by atoms with E-state index in [0.717, 1.165) is 19.4 Å². The molecule has 0 radical (unpaired) electrons. The maximum atomic E-state index is 14.0. The van der Waals surface area contributed by atoms with E-state index in [4.69, 9.17) is 4.74 Å². The minimum Gasteiger partial charge on any atom is -0.484 e. The Morgan fingerprint density at radius 1 is 1.38 bits per heavy atom. The molecular formula is C16H25FN2O2. The predicted octanol–water partition coefficient (Wildman–Crippen LogP) is 2.79. The summed E-state index contributed by atoms with van der Waals surface area (Å²) in [5.41, 5.74) is 0.594. The van der Waals surface area contributed by atoms with E-state index in [1.165, 1.54) is 6.07 Å². The molecule has 0 aliphatic heterocycles. The van der Waals surface area contributed by atoms with Crippen molar-refractivity contribution >= 4 is 5.91 Å². The Bertz CT molecular complexity index is 452. The molecule has 0 saturated heterocycles. The van der Waals surface area contributed by atoms with Crippen LogP contribution in [0.3, 0.4) is 0 Å². The Kier molecular flexibility index (Phi) is 7.75. The van der Waals surface area contributed by atoms with Crippen LogP contribution in [0.15, 0.2) is 18.2 Å². The molecule has 0 aliphatic rings. The van der Waals surface area contributed by atoms with Crippen molar-refractivity contribution in [2.45, 2.75) is 39.7 Å². The zero-order valence-corrected chi connectivity index (χ0v) is 13.0. The highest BCUT2D eigenvalue weighted by Crippen LogP contribution is 2.21. The fourth-order valence-electron chi connectivity index (χ4n) is 1.97. The van der Waals surface area contributed by atoms with Crippen LogP contribution in [0, 0.1) is 5.82 Å². The zero-order valence-electron chi connectivity index (χ0n) is 13.0. The van der Waals surface area contributed by atoms with Gasteiger partial charge >= 0.3 is 0 Å². The van der Waals surface area contributed by atoms with E-state index in [2.05, 4.69) is 17.6 Å². The van der Waals surface area contributed by atoms with E-state index in [1.807, 2.05) is 13.8 Å². The molecule has 0 bridgehead atoms.